The fourth-order valence-electron chi connectivity index (χ4n) is 9.03. The standard InChI is InChI=1S/C60H114O6/c1-4-7-10-13-16-19-22-25-27-29-31-32-35-38-41-44-47-50-53-59(62)65-56-57(55-64-58(61)52-49-46-43-40-37-34-24-21-18-15-12-9-6-3)66-60(63)54-51-48-45-42-39-36-33-30-28-26-23-20-17-14-11-8-5-2/h26,28,57H,4-25,27,29-56H2,1-3H3/b28-26-. The van der Waals surface area contributed by atoms with Crippen LogP contribution >= 0.6 is 0 Å². The summed E-state index contributed by atoms with van der Waals surface area (Å²) in [5, 5.41) is 0. The van der Waals surface area contributed by atoms with Crippen molar-refractivity contribution in [2.24, 2.45) is 0 Å². The molecule has 0 aromatic heterocycles. The van der Waals surface area contributed by atoms with Crippen molar-refractivity contribution >= 4 is 17.9 Å². The summed E-state index contributed by atoms with van der Waals surface area (Å²) < 4.78 is 16.9. The SMILES string of the molecule is CCCCCCCC/C=C\CCCCCCCCCC(=O)OC(COC(=O)CCCCCCCCCCCCCCC)COC(=O)CCCCCCCCCCCCCCCCCCCC. The average Bonchev–Trinajstić information content (AvgIpc) is 3.31. The van der Waals surface area contributed by atoms with Gasteiger partial charge in [0.25, 0.3) is 0 Å². The maximum atomic E-state index is 12.9. The van der Waals surface area contributed by atoms with Crippen LogP contribution < -0.4 is 0 Å². The number of hydrogen-bond donors (Lipinski definition) is 0. The highest BCUT2D eigenvalue weighted by molar-refractivity contribution is 5.71. The van der Waals surface area contributed by atoms with Crippen molar-refractivity contribution in [2.45, 2.75) is 341 Å². The van der Waals surface area contributed by atoms with Gasteiger partial charge >= 0.3 is 17.9 Å². The maximum absolute atomic E-state index is 12.9. The number of hydrogen-bond acceptors (Lipinski definition) is 6. The summed E-state index contributed by atoms with van der Waals surface area (Å²) in [5.41, 5.74) is 0. The highest BCUT2D eigenvalue weighted by Crippen LogP contribution is 2.17. The molecule has 0 aromatic carbocycles. The van der Waals surface area contributed by atoms with Gasteiger partial charge in [-0.3, -0.25) is 14.4 Å². The van der Waals surface area contributed by atoms with Crippen molar-refractivity contribution < 1.29 is 28.6 Å². The van der Waals surface area contributed by atoms with Gasteiger partial charge in [-0.2, -0.15) is 0 Å². The Morgan fingerprint density at radius 2 is 0.500 bits per heavy atom. The number of carbonyl (C=O) groups is 3. The second-order valence-corrected chi connectivity index (χ2v) is 20.3. The number of esters is 3. The molecule has 0 aliphatic carbocycles. The van der Waals surface area contributed by atoms with Gasteiger partial charge in [-0.25, -0.2) is 0 Å². The number of allylic oxidation sites excluding steroid dienone is 2. The van der Waals surface area contributed by atoms with E-state index < -0.39 is 6.10 Å². The lowest BCUT2D eigenvalue weighted by atomic mass is 10.0. The molecule has 0 fully saturated rings. The first-order chi connectivity index (χ1) is 32.5. The second-order valence-electron chi connectivity index (χ2n) is 20.3. The molecule has 0 saturated heterocycles. The fraction of sp³-hybridized carbons (Fsp3) is 0.917. The Labute approximate surface area is 411 Å². The van der Waals surface area contributed by atoms with E-state index in [1.165, 1.54) is 238 Å². The van der Waals surface area contributed by atoms with Gasteiger partial charge in [0, 0.05) is 19.3 Å². The summed E-state index contributed by atoms with van der Waals surface area (Å²) in [7, 11) is 0. The first kappa shape index (κ1) is 64.2. The van der Waals surface area contributed by atoms with E-state index in [1.807, 2.05) is 0 Å². The van der Waals surface area contributed by atoms with Crippen molar-refractivity contribution in [2.75, 3.05) is 13.2 Å². The molecule has 1 unspecified atom stereocenters. The minimum atomic E-state index is -0.766. The van der Waals surface area contributed by atoms with Crippen molar-refractivity contribution in [1.82, 2.24) is 0 Å². The third kappa shape index (κ3) is 53.1. The van der Waals surface area contributed by atoms with Crippen LogP contribution in [-0.4, -0.2) is 37.2 Å². The summed E-state index contributed by atoms with van der Waals surface area (Å²) in [6.45, 7) is 6.69. The predicted octanol–water partition coefficient (Wildman–Crippen LogP) is 19.7. The average molecular weight is 932 g/mol. The molecule has 0 saturated carbocycles. The van der Waals surface area contributed by atoms with Gasteiger partial charge in [-0.15, -0.1) is 0 Å². The van der Waals surface area contributed by atoms with Gasteiger partial charge in [0.05, 0.1) is 0 Å². The molecule has 0 aliphatic rings. The molecule has 6 nitrogen and oxygen atoms in total. The van der Waals surface area contributed by atoms with Gasteiger partial charge < -0.3 is 14.2 Å². The molecule has 0 aliphatic heterocycles. The zero-order valence-electron chi connectivity index (χ0n) is 44.7. The smallest absolute Gasteiger partial charge is 0.306 e. The van der Waals surface area contributed by atoms with Crippen molar-refractivity contribution in [3.63, 3.8) is 0 Å². The lowest BCUT2D eigenvalue weighted by Crippen LogP contribution is -2.30. The summed E-state index contributed by atoms with van der Waals surface area (Å²) in [6.07, 6.45) is 63.4. The van der Waals surface area contributed by atoms with Gasteiger partial charge in [0.1, 0.15) is 13.2 Å². The number of carbonyl (C=O) groups excluding carboxylic acids is 3. The van der Waals surface area contributed by atoms with Crippen LogP contribution in [0.5, 0.6) is 0 Å². The first-order valence-electron chi connectivity index (χ1n) is 29.7. The third-order valence-corrected chi connectivity index (χ3v) is 13.5. The maximum Gasteiger partial charge on any atom is 0.306 e. The second kappa shape index (κ2) is 55.7. The van der Waals surface area contributed by atoms with Crippen molar-refractivity contribution in [3.05, 3.63) is 12.2 Å². The van der Waals surface area contributed by atoms with Crippen LogP contribution in [0, 0.1) is 0 Å². The number of rotatable bonds is 55. The highest BCUT2D eigenvalue weighted by Gasteiger charge is 2.19. The van der Waals surface area contributed by atoms with E-state index in [9.17, 15) is 14.4 Å². The molecule has 0 N–H and O–H groups in total. The highest BCUT2D eigenvalue weighted by atomic mass is 16.6. The Hall–Kier alpha value is -1.85. The molecule has 0 spiro atoms. The minimum Gasteiger partial charge on any atom is -0.462 e. The number of unbranched alkanes of at least 4 members (excludes halogenated alkanes) is 42. The number of ether oxygens (including phenoxy) is 3. The van der Waals surface area contributed by atoms with E-state index in [0.717, 1.165) is 57.8 Å². The molecular formula is C60H114O6. The van der Waals surface area contributed by atoms with E-state index in [-0.39, 0.29) is 31.1 Å². The predicted molar refractivity (Wildman–Crippen MR) is 284 cm³/mol. The van der Waals surface area contributed by atoms with Gasteiger partial charge in [-0.1, -0.05) is 283 Å². The Kier molecular flexibility index (Phi) is 54.2. The van der Waals surface area contributed by atoms with Gasteiger partial charge in [0.15, 0.2) is 6.10 Å². The molecule has 66 heavy (non-hydrogen) atoms. The van der Waals surface area contributed by atoms with Gasteiger partial charge in [0.2, 0.25) is 0 Å². The van der Waals surface area contributed by atoms with Crippen molar-refractivity contribution in [3.8, 4) is 0 Å². The molecule has 1 atom stereocenters. The summed E-state index contributed by atoms with van der Waals surface area (Å²) >= 11 is 0. The molecule has 0 radical (unpaired) electrons. The van der Waals surface area contributed by atoms with Crippen LogP contribution in [0.3, 0.4) is 0 Å². The van der Waals surface area contributed by atoms with E-state index in [1.54, 1.807) is 0 Å². The summed E-state index contributed by atoms with van der Waals surface area (Å²) in [6, 6.07) is 0. The lowest BCUT2D eigenvalue weighted by Gasteiger charge is -2.18. The fourth-order valence-corrected chi connectivity index (χ4v) is 9.03. The molecule has 0 aromatic rings. The van der Waals surface area contributed by atoms with Crippen LogP contribution in [0.2, 0.25) is 0 Å². The quantitative estimate of drug-likeness (QED) is 0.0262. The van der Waals surface area contributed by atoms with E-state index in [2.05, 4.69) is 32.9 Å². The van der Waals surface area contributed by atoms with Crippen molar-refractivity contribution in [1.29, 1.82) is 0 Å². The molecule has 6 heteroatoms. The largest absolute Gasteiger partial charge is 0.462 e. The minimum absolute atomic E-state index is 0.0656. The van der Waals surface area contributed by atoms with E-state index in [0.29, 0.717) is 19.3 Å². The van der Waals surface area contributed by atoms with E-state index in [4.69, 9.17) is 14.2 Å². The Morgan fingerprint density at radius 1 is 0.288 bits per heavy atom. The third-order valence-electron chi connectivity index (χ3n) is 13.5. The Bertz CT molecular complexity index is 1020. The Balaban J connectivity index is 4.30. The molecule has 0 heterocycles. The molecule has 0 bridgehead atoms. The van der Waals surface area contributed by atoms with Gasteiger partial charge in [-0.05, 0) is 44.9 Å². The summed E-state index contributed by atoms with van der Waals surface area (Å²) in [5.74, 6) is -0.844. The Morgan fingerprint density at radius 3 is 0.758 bits per heavy atom. The molecule has 0 rings (SSSR count). The monoisotopic (exact) mass is 931 g/mol. The zero-order valence-corrected chi connectivity index (χ0v) is 44.7. The molecule has 390 valence electrons. The van der Waals surface area contributed by atoms with Crippen LogP contribution in [0.4, 0.5) is 0 Å². The topological polar surface area (TPSA) is 78.9 Å². The zero-order chi connectivity index (χ0) is 47.9. The molecular weight excluding hydrogens is 817 g/mol. The summed E-state index contributed by atoms with van der Waals surface area (Å²) in [4.78, 5) is 38.2. The van der Waals surface area contributed by atoms with Crippen LogP contribution in [0.25, 0.3) is 0 Å². The lowest BCUT2D eigenvalue weighted by molar-refractivity contribution is -0.167. The molecule has 0 amide bonds. The normalized spacial score (nSPS) is 12.0. The van der Waals surface area contributed by atoms with E-state index >= 15 is 0 Å². The van der Waals surface area contributed by atoms with Crippen LogP contribution in [0.1, 0.15) is 335 Å². The van der Waals surface area contributed by atoms with Crippen LogP contribution in [-0.2, 0) is 28.6 Å². The van der Waals surface area contributed by atoms with Crippen LogP contribution in [0.15, 0.2) is 12.2 Å². The first-order valence-corrected chi connectivity index (χ1v) is 29.7.